The van der Waals surface area contributed by atoms with Crippen LogP contribution >= 0.6 is 11.6 Å². The molecule has 0 amide bonds. The second-order valence-electron chi connectivity index (χ2n) is 2.91. The normalized spacial score (nSPS) is 11.0. The largest absolute Gasteiger partial charge is 0.227 e. The van der Waals surface area contributed by atoms with E-state index in [1.165, 1.54) is 6.07 Å². The molecular weight excluding hydrogens is 220 g/mol. The van der Waals surface area contributed by atoms with Gasteiger partial charge in [-0.1, -0.05) is 35.9 Å². The summed E-state index contributed by atoms with van der Waals surface area (Å²) in [5.41, 5.74) is 0. The standard InChI is InChI=1S/C10H7ClO2S/c11-10-6-8(14(12)13)5-7-3-1-2-4-9(7)10/h1-6,14H. The molecule has 0 saturated heterocycles. The maximum absolute atomic E-state index is 10.8. The van der Waals surface area contributed by atoms with Crippen LogP contribution in [0.3, 0.4) is 0 Å². The summed E-state index contributed by atoms with van der Waals surface area (Å²) in [7, 11) is -2.57. The minimum absolute atomic E-state index is 0.253. The number of hydrogen-bond acceptors (Lipinski definition) is 2. The summed E-state index contributed by atoms with van der Waals surface area (Å²) in [5, 5.41) is 2.18. The van der Waals surface area contributed by atoms with Gasteiger partial charge in [0.1, 0.15) is 0 Å². The smallest absolute Gasteiger partial charge is 0.168 e. The topological polar surface area (TPSA) is 34.1 Å². The van der Waals surface area contributed by atoms with Crippen molar-refractivity contribution in [2.45, 2.75) is 4.90 Å². The fourth-order valence-electron chi connectivity index (χ4n) is 1.35. The van der Waals surface area contributed by atoms with Gasteiger partial charge in [-0.3, -0.25) is 0 Å². The van der Waals surface area contributed by atoms with Crippen molar-refractivity contribution < 1.29 is 8.42 Å². The van der Waals surface area contributed by atoms with Gasteiger partial charge in [-0.15, -0.1) is 0 Å². The molecule has 0 bridgehead atoms. The van der Waals surface area contributed by atoms with Crippen LogP contribution in [0.2, 0.25) is 5.02 Å². The molecule has 2 rings (SSSR count). The Bertz CT molecular complexity index is 553. The molecule has 2 nitrogen and oxygen atoms in total. The highest BCUT2D eigenvalue weighted by molar-refractivity contribution is 7.72. The van der Waals surface area contributed by atoms with Crippen LogP contribution in [-0.4, -0.2) is 8.42 Å². The van der Waals surface area contributed by atoms with Crippen molar-refractivity contribution in [3.05, 3.63) is 41.4 Å². The van der Waals surface area contributed by atoms with E-state index < -0.39 is 10.7 Å². The fraction of sp³-hybridized carbons (Fsp3) is 0. The molecule has 0 aliphatic heterocycles. The van der Waals surface area contributed by atoms with Crippen LogP contribution in [0.15, 0.2) is 41.3 Å². The monoisotopic (exact) mass is 226 g/mol. The van der Waals surface area contributed by atoms with Crippen molar-refractivity contribution in [3.63, 3.8) is 0 Å². The predicted octanol–water partition coefficient (Wildman–Crippen LogP) is 2.46. The maximum Gasteiger partial charge on any atom is 0.168 e. The van der Waals surface area contributed by atoms with E-state index in [4.69, 9.17) is 11.6 Å². The number of hydrogen-bond donors (Lipinski definition) is 1. The van der Waals surface area contributed by atoms with Gasteiger partial charge in [0.15, 0.2) is 10.7 Å². The van der Waals surface area contributed by atoms with Gasteiger partial charge in [-0.2, -0.15) is 0 Å². The molecule has 0 spiro atoms. The van der Waals surface area contributed by atoms with Crippen LogP contribution in [0, 0.1) is 0 Å². The van der Waals surface area contributed by atoms with Crippen molar-refractivity contribution in [1.29, 1.82) is 0 Å². The van der Waals surface area contributed by atoms with Crippen LogP contribution in [0.1, 0.15) is 0 Å². The quantitative estimate of drug-likeness (QED) is 0.758. The van der Waals surface area contributed by atoms with Crippen LogP contribution in [-0.2, 0) is 10.7 Å². The van der Waals surface area contributed by atoms with Crippen molar-refractivity contribution in [3.8, 4) is 0 Å². The minimum atomic E-state index is -2.57. The average Bonchev–Trinajstić information content (AvgIpc) is 2.17. The summed E-state index contributed by atoms with van der Waals surface area (Å²) in [6.07, 6.45) is 0. The molecule has 0 aromatic heterocycles. The Morgan fingerprint density at radius 1 is 1.07 bits per heavy atom. The van der Waals surface area contributed by atoms with E-state index in [1.54, 1.807) is 6.07 Å². The summed E-state index contributed by atoms with van der Waals surface area (Å²) < 4.78 is 21.6. The number of thiol groups is 1. The lowest BCUT2D eigenvalue weighted by atomic mass is 10.1. The first-order valence-corrected chi connectivity index (χ1v) is 5.57. The fourth-order valence-corrected chi connectivity index (χ4v) is 2.20. The van der Waals surface area contributed by atoms with Crippen LogP contribution in [0.4, 0.5) is 0 Å². The van der Waals surface area contributed by atoms with Gasteiger partial charge in [0.05, 0.1) is 4.90 Å². The van der Waals surface area contributed by atoms with Gasteiger partial charge in [-0.25, -0.2) is 8.42 Å². The number of halogens is 1. The van der Waals surface area contributed by atoms with E-state index in [0.29, 0.717) is 5.02 Å². The number of rotatable bonds is 1. The number of benzene rings is 2. The molecule has 0 fully saturated rings. The van der Waals surface area contributed by atoms with Crippen LogP contribution in [0.25, 0.3) is 10.8 Å². The first-order valence-electron chi connectivity index (χ1n) is 4.01. The molecule has 4 heteroatoms. The van der Waals surface area contributed by atoms with E-state index >= 15 is 0 Å². The van der Waals surface area contributed by atoms with Crippen molar-refractivity contribution in [1.82, 2.24) is 0 Å². The van der Waals surface area contributed by atoms with Gasteiger partial charge in [-0.05, 0) is 17.5 Å². The molecular formula is C10H7ClO2S. The van der Waals surface area contributed by atoms with E-state index in [0.717, 1.165) is 10.8 Å². The summed E-state index contributed by atoms with van der Waals surface area (Å²) in [5.74, 6) is 0. The molecule has 14 heavy (non-hydrogen) atoms. The van der Waals surface area contributed by atoms with Gasteiger partial charge < -0.3 is 0 Å². The lowest BCUT2D eigenvalue weighted by Gasteiger charge is -2.00. The second-order valence-corrected chi connectivity index (χ2v) is 4.34. The highest BCUT2D eigenvalue weighted by Crippen LogP contribution is 2.25. The third-order valence-corrected chi connectivity index (χ3v) is 3.00. The Morgan fingerprint density at radius 3 is 2.50 bits per heavy atom. The highest BCUT2D eigenvalue weighted by Gasteiger charge is 2.02. The Morgan fingerprint density at radius 2 is 1.79 bits per heavy atom. The van der Waals surface area contributed by atoms with Gasteiger partial charge in [0.25, 0.3) is 0 Å². The molecule has 0 aliphatic rings. The molecule has 0 saturated carbocycles. The lowest BCUT2D eigenvalue weighted by molar-refractivity contribution is 0.614. The van der Waals surface area contributed by atoms with Crippen molar-refractivity contribution >= 4 is 33.1 Å². The van der Waals surface area contributed by atoms with Crippen molar-refractivity contribution in [2.75, 3.05) is 0 Å². The van der Waals surface area contributed by atoms with Crippen molar-refractivity contribution in [2.24, 2.45) is 0 Å². The molecule has 0 unspecified atom stereocenters. The van der Waals surface area contributed by atoms with E-state index in [1.807, 2.05) is 24.3 Å². The summed E-state index contributed by atoms with van der Waals surface area (Å²) in [4.78, 5) is 0.253. The predicted molar refractivity (Wildman–Crippen MR) is 57.5 cm³/mol. The van der Waals surface area contributed by atoms with E-state index in [9.17, 15) is 8.42 Å². The average molecular weight is 227 g/mol. The minimum Gasteiger partial charge on any atom is -0.227 e. The third kappa shape index (κ3) is 1.61. The molecule has 0 aliphatic carbocycles. The summed E-state index contributed by atoms with van der Waals surface area (Å²) >= 11 is 5.94. The third-order valence-electron chi connectivity index (χ3n) is 2.01. The Kier molecular flexibility index (Phi) is 2.44. The molecule has 72 valence electrons. The maximum atomic E-state index is 10.8. The van der Waals surface area contributed by atoms with Gasteiger partial charge in [0, 0.05) is 10.4 Å². The Labute approximate surface area is 88.1 Å². The summed E-state index contributed by atoms with van der Waals surface area (Å²) in [6.45, 7) is 0. The lowest BCUT2D eigenvalue weighted by Crippen LogP contribution is -1.82. The SMILES string of the molecule is O=[SH](=O)c1cc(Cl)c2ccccc2c1. The van der Waals surface area contributed by atoms with E-state index in [2.05, 4.69) is 0 Å². The molecule has 0 heterocycles. The first kappa shape index (κ1) is 9.49. The van der Waals surface area contributed by atoms with Crippen LogP contribution in [0.5, 0.6) is 0 Å². The zero-order valence-corrected chi connectivity index (χ0v) is 8.76. The van der Waals surface area contributed by atoms with Crippen LogP contribution < -0.4 is 0 Å². The molecule has 2 aromatic carbocycles. The molecule has 0 N–H and O–H groups in total. The Hall–Kier alpha value is -1.06. The van der Waals surface area contributed by atoms with Gasteiger partial charge in [0.2, 0.25) is 0 Å². The second kappa shape index (κ2) is 3.59. The first-order chi connectivity index (χ1) is 6.68. The van der Waals surface area contributed by atoms with E-state index in [-0.39, 0.29) is 4.90 Å². The summed E-state index contributed by atoms with van der Waals surface area (Å²) in [6, 6.07) is 10.5. The van der Waals surface area contributed by atoms with Gasteiger partial charge >= 0.3 is 0 Å². The molecule has 0 atom stereocenters. The highest BCUT2D eigenvalue weighted by atomic mass is 35.5. The molecule has 0 radical (unpaired) electrons. The zero-order chi connectivity index (χ0) is 10.1. The Balaban J connectivity index is 2.85. The number of fused-ring (bicyclic) bond motifs is 1. The zero-order valence-electron chi connectivity index (χ0n) is 7.11. The molecule has 2 aromatic rings.